The van der Waals surface area contributed by atoms with Crippen LogP contribution < -0.4 is 5.32 Å². The highest BCUT2D eigenvalue weighted by molar-refractivity contribution is 7.92. The minimum Gasteiger partial charge on any atom is -0.436 e. The number of amides is 1. The molecule has 2 saturated carbocycles. The second-order valence-corrected chi connectivity index (χ2v) is 14.3. The molecule has 0 unspecified atom stereocenters. The molecule has 1 amide bonds. The van der Waals surface area contributed by atoms with Gasteiger partial charge in [-0.1, -0.05) is 32.9 Å². The van der Waals surface area contributed by atoms with E-state index in [4.69, 9.17) is 4.42 Å². The molecule has 1 aromatic heterocycles. The Balaban J connectivity index is 1.15. The second-order valence-electron chi connectivity index (χ2n) is 12.2. The van der Waals surface area contributed by atoms with Gasteiger partial charge in [-0.25, -0.2) is 13.4 Å². The molecule has 38 heavy (non-hydrogen) atoms. The van der Waals surface area contributed by atoms with Gasteiger partial charge < -0.3 is 9.73 Å². The zero-order valence-corrected chi connectivity index (χ0v) is 22.7. The van der Waals surface area contributed by atoms with Gasteiger partial charge >= 0.3 is 0 Å². The quantitative estimate of drug-likeness (QED) is 0.298. The SMILES string of the molecule is CC1(C)C[C@H]2C[C@@](C)(C[C@@H]2S(=O)(=O)c2ccc(C(=O)Nc3ccc(-c4nc5ccccc5o4)cc3)cc2)C1. The molecule has 2 fully saturated rings. The normalized spacial score (nSPS) is 24.4. The van der Waals surface area contributed by atoms with Crippen LogP contribution in [-0.2, 0) is 9.84 Å². The molecule has 4 aromatic rings. The predicted octanol–water partition coefficient (Wildman–Crippen LogP) is 7.13. The van der Waals surface area contributed by atoms with Crippen LogP contribution in [0.15, 0.2) is 82.1 Å². The number of nitrogens with one attached hydrogen (secondary N) is 1. The highest BCUT2D eigenvalue weighted by atomic mass is 32.2. The number of hydrogen-bond acceptors (Lipinski definition) is 5. The molecule has 6 rings (SSSR count). The van der Waals surface area contributed by atoms with Crippen LogP contribution in [0.1, 0.15) is 56.8 Å². The monoisotopic (exact) mass is 528 g/mol. The molecule has 0 radical (unpaired) electrons. The van der Waals surface area contributed by atoms with Crippen LogP contribution in [0.4, 0.5) is 5.69 Å². The third kappa shape index (κ3) is 4.53. The maximum Gasteiger partial charge on any atom is 0.255 e. The average molecular weight is 529 g/mol. The molecule has 2 bridgehead atoms. The minimum absolute atomic E-state index is 0.0833. The number of carbonyl (C=O) groups excluding carboxylic acids is 1. The van der Waals surface area contributed by atoms with Crippen molar-refractivity contribution in [3.63, 3.8) is 0 Å². The molecule has 196 valence electrons. The second kappa shape index (κ2) is 8.80. The van der Waals surface area contributed by atoms with Crippen LogP contribution in [0.3, 0.4) is 0 Å². The van der Waals surface area contributed by atoms with Gasteiger partial charge in [0.05, 0.1) is 10.1 Å². The molecular weight excluding hydrogens is 496 g/mol. The average Bonchev–Trinajstić information content (AvgIpc) is 3.42. The van der Waals surface area contributed by atoms with Gasteiger partial charge in [0.25, 0.3) is 5.91 Å². The summed E-state index contributed by atoms with van der Waals surface area (Å²) in [5, 5.41) is 2.53. The van der Waals surface area contributed by atoms with Gasteiger partial charge in [0, 0.05) is 16.8 Å². The molecule has 0 aliphatic heterocycles. The molecule has 3 atom stereocenters. The first-order valence-corrected chi connectivity index (χ1v) is 14.7. The number of hydrogen-bond donors (Lipinski definition) is 1. The summed E-state index contributed by atoms with van der Waals surface area (Å²) < 4.78 is 33.0. The molecule has 1 heterocycles. The highest BCUT2D eigenvalue weighted by Gasteiger charge is 2.54. The van der Waals surface area contributed by atoms with E-state index in [0.717, 1.165) is 35.9 Å². The molecular formula is C31H32N2O4S. The lowest BCUT2D eigenvalue weighted by molar-refractivity contribution is 0.102. The van der Waals surface area contributed by atoms with E-state index in [0.29, 0.717) is 28.5 Å². The number of anilines is 1. The predicted molar refractivity (Wildman–Crippen MR) is 149 cm³/mol. The fraction of sp³-hybridized carbons (Fsp3) is 0.355. The van der Waals surface area contributed by atoms with Crippen molar-refractivity contribution in [3.05, 3.63) is 78.4 Å². The molecule has 0 saturated heterocycles. The zero-order valence-electron chi connectivity index (χ0n) is 21.9. The van der Waals surface area contributed by atoms with Crippen molar-refractivity contribution in [2.45, 2.75) is 56.6 Å². The number of sulfone groups is 1. The lowest BCUT2D eigenvalue weighted by atomic mass is 9.65. The van der Waals surface area contributed by atoms with Crippen molar-refractivity contribution in [1.82, 2.24) is 4.98 Å². The summed E-state index contributed by atoms with van der Waals surface area (Å²) in [6, 6.07) is 21.2. The maximum atomic E-state index is 13.6. The van der Waals surface area contributed by atoms with Crippen LogP contribution in [0, 0.1) is 16.7 Å². The summed E-state index contributed by atoms with van der Waals surface area (Å²) in [4.78, 5) is 17.7. The molecule has 2 aliphatic rings. The highest BCUT2D eigenvalue weighted by Crippen LogP contribution is 2.59. The van der Waals surface area contributed by atoms with Crippen LogP contribution in [0.25, 0.3) is 22.6 Å². The fourth-order valence-electron chi connectivity index (χ4n) is 7.01. The summed E-state index contributed by atoms with van der Waals surface area (Å²) in [5.74, 6) is 0.411. The van der Waals surface area contributed by atoms with E-state index >= 15 is 0 Å². The van der Waals surface area contributed by atoms with E-state index in [1.165, 1.54) is 0 Å². The summed E-state index contributed by atoms with van der Waals surface area (Å²) in [6.07, 6.45) is 3.70. The molecule has 0 spiro atoms. The maximum absolute atomic E-state index is 13.6. The lowest BCUT2D eigenvalue weighted by Crippen LogP contribution is -2.31. The van der Waals surface area contributed by atoms with Crippen LogP contribution in [0.5, 0.6) is 0 Å². The topological polar surface area (TPSA) is 89.3 Å². The largest absolute Gasteiger partial charge is 0.436 e. The third-order valence-electron chi connectivity index (χ3n) is 8.22. The summed E-state index contributed by atoms with van der Waals surface area (Å²) in [6.45, 7) is 6.75. The van der Waals surface area contributed by atoms with E-state index in [1.807, 2.05) is 36.4 Å². The van der Waals surface area contributed by atoms with Crippen molar-refractivity contribution in [3.8, 4) is 11.5 Å². The van der Waals surface area contributed by atoms with E-state index in [-0.39, 0.29) is 27.9 Å². The number of oxazole rings is 1. The van der Waals surface area contributed by atoms with Crippen molar-refractivity contribution in [1.29, 1.82) is 0 Å². The van der Waals surface area contributed by atoms with Crippen molar-refractivity contribution >= 4 is 32.5 Å². The summed E-state index contributed by atoms with van der Waals surface area (Å²) >= 11 is 0. The van der Waals surface area contributed by atoms with Gasteiger partial charge in [-0.15, -0.1) is 0 Å². The van der Waals surface area contributed by atoms with E-state index in [9.17, 15) is 13.2 Å². The summed E-state index contributed by atoms with van der Waals surface area (Å²) in [7, 11) is -3.47. The summed E-state index contributed by atoms with van der Waals surface area (Å²) in [5.41, 5.74) is 3.61. The zero-order chi connectivity index (χ0) is 26.7. The van der Waals surface area contributed by atoms with Crippen LogP contribution in [0.2, 0.25) is 0 Å². The smallest absolute Gasteiger partial charge is 0.255 e. The Hall–Kier alpha value is -3.45. The Morgan fingerprint density at radius 1 is 0.921 bits per heavy atom. The fourth-order valence-corrected chi connectivity index (χ4v) is 9.20. The van der Waals surface area contributed by atoms with Crippen LogP contribution >= 0.6 is 0 Å². The number of benzene rings is 3. The van der Waals surface area contributed by atoms with Gasteiger partial charge in [-0.05, 0) is 103 Å². The van der Waals surface area contributed by atoms with Gasteiger partial charge in [0.1, 0.15) is 5.52 Å². The van der Waals surface area contributed by atoms with E-state index in [2.05, 4.69) is 31.1 Å². The number of nitrogens with zero attached hydrogens (tertiary/aromatic N) is 1. The Labute approximate surface area is 223 Å². The Morgan fingerprint density at radius 3 is 2.34 bits per heavy atom. The van der Waals surface area contributed by atoms with Crippen LogP contribution in [-0.4, -0.2) is 24.6 Å². The molecule has 3 aromatic carbocycles. The molecule has 1 N–H and O–H groups in total. The Morgan fingerprint density at radius 2 is 1.63 bits per heavy atom. The van der Waals surface area contributed by atoms with Gasteiger partial charge in [0.15, 0.2) is 15.4 Å². The first-order valence-electron chi connectivity index (χ1n) is 13.1. The molecule has 2 aliphatic carbocycles. The minimum atomic E-state index is -3.47. The number of rotatable bonds is 5. The number of aromatic nitrogens is 1. The lowest BCUT2D eigenvalue weighted by Gasteiger charge is -2.40. The van der Waals surface area contributed by atoms with Crippen molar-refractivity contribution < 1.29 is 17.6 Å². The molecule has 6 nitrogen and oxygen atoms in total. The standard InChI is InChI=1S/C31H32N2O4S/c1-30(2)16-22-17-31(3,19-30)18-27(22)38(35,36)24-14-10-20(11-15-24)28(34)32-23-12-8-21(9-13-23)29-33-25-6-4-5-7-26(25)37-29/h4-15,22,27H,16-19H2,1-3H3,(H,32,34)/t22-,27-,31-/m0/s1. The molecule has 7 heteroatoms. The Bertz CT molecular complexity index is 1590. The van der Waals surface area contributed by atoms with Crippen molar-refractivity contribution in [2.75, 3.05) is 5.32 Å². The first-order chi connectivity index (χ1) is 18.0. The third-order valence-corrected chi connectivity index (χ3v) is 10.5. The van der Waals surface area contributed by atoms with Gasteiger partial charge in [-0.2, -0.15) is 0 Å². The van der Waals surface area contributed by atoms with E-state index in [1.54, 1.807) is 36.4 Å². The van der Waals surface area contributed by atoms with Gasteiger partial charge in [0.2, 0.25) is 5.89 Å². The number of para-hydroxylation sites is 2. The number of carbonyl (C=O) groups is 1. The number of fused-ring (bicyclic) bond motifs is 3. The van der Waals surface area contributed by atoms with Gasteiger partial charge in [-0.3, -0.25) is 4.79 Å². The Kier molecular flexibility index (Phi) is 5.76. The van der Waals surface area contributed by atoms with Crippen molar-refractivity contribution in [2.24, 2.45) is 16.7 Å². The van der Waals surface area contributed by atoms with E-state index < -0.39 is 9.84 Å². The first kappa shape index (κ1) is 24.9.